The summed E-state index contributed by atoms with van der Waals surface area (Å²) < 4.78 is 27.9. The highest BCUT2D eigenvalue weighted by atomic mass is 32.2. The molecular formula is C7H16N6O2S. The van der Waals surface area contributed by atoms with E-state index in [1.54, 1.807) is 7.05 Å². The van der Waals surface area contributed by atoms with Gasteiger partial charge in [0.25, 0.3) is 0 Å². The lowest BCUT2D eigenvalue weighted by atomic mass is 10.6. The van der Waals surface area contributed by atoms with E-state index in [0.717, 1.165) is 6.54 Å². The maximum Gasteiger partial charge on any atom is 0.347 e. The average molecular weight is 248 g/mol. The van der Waals surface area contributed by atoms with Crippen molar-refractivity contribution in [3.63, 3.8) is 0 Å². The van der Waals surface area contributed by atoms with Gasteiger partial charge in [0.2, 0.25) is 11.9 Å². The Balaban J connectivity index is 2.79. The van der Waals surface area contributed by atoms with Crippen LogP contribution in [0.15, 0.2) is 9.39 Å². The second kappa shape index (κ2) is 4.66. The van der Waals surface area contributed by atoms with Gasteiger partial charge in [0.1, 0.15) is 0 Å². The molecule has 1 aliphatic heterocycles. The smallest absolute Gasteiger partial charge is 0.347 e. The standard InChI is InChI=1S/C7H16N6O2S/c1-12(2)5-4-9-7-11-16(14,15)10-6(8)13(7)3/h4-5H2,1-3H3,(H2,8,10)(H,9,11). The summed E-state index contributed by atoms with van der Waals surface area (Å²) in [5.41, 5.74) is 5.44. The molecule has 9 heteroatoms. The van der Waals surface area contributed by atoms with Crippen molar-refractivity contribution in [3.05, 3.63) is 0 Å². The van der Waals surface area contributed by atoms with Crippen LogP contribution in [-0.4, -0.2) is 64.4 Å². The van der Waals surface area contributed by atoms with Gasteiger partial charge in [0, 0.05) is 13.6 Å². The fourth-order valence-corrected chi connectivity index (χ4v) is 1.84. The predicted octanol–water partition coefficient (Wildman–Crippen LogP) is -2.00. The number of aliphatic imine (C=N–C) groups is 1. The monoisotopic (exact) mass is 248 g/mol. The van der Waals surface area contributed by atoms with Crippen molar-refractivity contribution >= 4 is 22.1 Å². The summed E-state index contributed by atoms with van der Waals surface area (Å²) in [6.45, 7) is 1.19. The summed E-state index contributed by atoms with van der Waals surface area (Å²) in [6.07, 6.45) is 0. The van der Waals surface area contributed by atoms with Crippen LogP contribution in [0, 0.1) is 0 Å². The minimum Gasteiger partial charge on any atom is -0.368 e. The molecule has 8 nitrogen and oxygen atoms in total. The van der Waals surface area contributed by atoms with E-state index in [4.69, 9.17) is 5.73 Å². The van der Waals surface area contributed by atoms with Gasteiger partial charge in [-0.05, 0) is 14.1 Å². The zero-order valence-electron chi connectivity index (χ0n) is 9.51. The molecule has 0 bridgehead atoms. The van der Waals surface area contributed by atoms with Crippen LogP contribution in [0.1, 0.15) is 0 Å². The van der Waals surface area contributed by atoms with Gasteiger partial charge in [-0.25, -0.2) is 4.72 Å². The van der Waals surface area contributed by atoms with Gasteiger partial charge >= 0.3 is 10.2 Å². The maximum absolute atomic E-state index is 11.2. The number of nitrogens with two attached hydrogens (primary N) is 1. The molecule has 0 aliphatic carbocycles. The summed E-state index contributed by atoms with van der Waals surface area (Å²) in [7, 11) is 1.67. The molecule has 0 unspecified atom stereocenters. The summed E-state index contributed by atoms with van der Waals surface area (Å²) in [6, 6.07) is 0. The fraction of sp³-hybridized carbons (Fsp3) is 0.714. The minimum absolute atomic E-state index is 0.0950. The van der Waals surface area contributed by atoms with E-state index >= 15 is 0 Å². The maximum atomic E-state index is 11.2. The number of likely N-dealkylation sites (N-methyl/N-ethyl adjacent to an activating group) is 1. The summed E-state index contributed by atoms with van der Waals surface area (Å²) in [4.78, 5) is 7.43. The first-order valence-electron chi connectivity index (χ1n) is 4.63. The zero-order chi connectivity index (χ0) is 12.3. The number of hydrogen-bond acceptors (Lipinski definition) is 5. The zero-order valence-corrected chi connectivity index (χ0v) is 10.3. The lowest BCUT2D eigenvalue weighted by Gasteiger charge is -2.24. The minimum atomic E-state index is -3.74. The lowest BCUT2D eigenvalue weighted by Crippen LogP contribution is -2.52. The van der Waals surface area contributed by atoms with Crippen molar-refractivity contribution in [2.45, 2.75) is 0 Å². The second-order valence-electron chi connectivity index (χ2n) is 3.59. The van der Waals surface area contributed by atoms with Gasteiger partial charge in [-0.2, -0.15) is 8.42 Å². The van der Waals surface area contributed by atoms with Crippen LogP contribution < -0.4 is 10.5 Å². The highest BCUT2D eigenvalue weighted by molar-refractivity contribution is 7.89. The lowest BCUT2D eigenvalue weighted by molar-refractivity contribution is 0.419. The number of nitrogens with zero attached hydrogens (tertiary/aromatic N) is 4. The van der Waals surface area contributed by atoms with Crippen LogP contribution >= 0.6 is 0 Å². The molecule has 0 atom stereocenters. The van der Waals surface area contributed by atoms with Crippen molar-refractivity contribution in [1.29, 1.82) is 0 Å². The molecule has 0 aromatic heterocycles. The highest BCUT2D eigenvalue weighted by Gasteiger charge is 2.24. The number of rotatable bonds is 3. The average Bonchev–Trinajstić information content (AvgIpc) is 2.11. The molecule has 16 heavy (non-hydrogen) atoms. The third kappa shape index (κ3) is 3.35. The second-order valence-corrected chi connectivity index (χ2v) is 4.93. The first-order chi connectivity index (χ1) is 7.32. The number of nitrogens with one attached hydrogen (secondary N) is 1. The van der Waals surface area contributed by atoms with Crippen molar-refractivity contribution < 1.29 is 8.42 Å². The molecule has 0 radical (unpaired) electrons. The molecule has 1 heterocycles. The van der Waals surface area contributed by atoms with E-state index in [-0.39, 0.29) is 11.9 Å². The van der Waals surface area contributed by atoms with Crippen LogP contribution in [-0.2, 0) is 10.2 Å². The molecule has 0 aromatic carbocycles. The van der Waals surface area contributed by atoms with Gasteiger partial charge in [-0.1, -0.05) is 0 Å². The fourth-order valence-electron chi connectivity index (χ4n) is 0.994. The third-order valence-corrected chi connectivity index (χ3v) is 2.77. The van der Waals surface area contributed by atoms with Gasteiger partial charge in [0.05, 0.1) is 6.54 Å². The van der Waals surface area contributed by atoms with Gasteiger partial charge in [-0.3, -0.25) is 9.89 Å². The molecule has 0 saturated heterocycles. The largest absolute Gasteiger partial charge is 0.368 e. The molecule has 0 saturated carbocycles. The molecule has 0 fully saturated rings. The van der Waals surface area contributed by atoms with Crippen molar-refractivity contribution in [1.82, 2.24) is 14.5 Å². The van der Waals surface area contributed by atoms with E-state index in [9.17, 15) is 8.42 Å². The van der Waals surface area contributed by atoms with Crippen LogP contribution in [0.4, 0.5) is 0 Å². The molecule has 92 valence electrons. The van der Waals surface area contributed by atoms with Crippen LogP contribution in [0.3, 0.4) is 0 Å². The Hall–Kier alpha value is -1.35. The van der Waals surface area contributed by atoms with E-state index in [0.29, 0.717) is 6.54 Å². The SMILES string of the molecule is CN(C)CCN=C1NS(=O)(=O)N=C(N)N1C. The van der Waals surface area contributed by atoms with Crippen LogP contribution in [0.2, 0.25) is 0 Å². The number of guanidine groups is 2. The topological polar surface area (TPSA) is 103 Å². The third-order valence-electron chi connectivity index (χ3n) is 1.90. The summed E-state index contributed by atoms with van der Waals surface area (Å²) in [5, 5.41) is 0. The predicted molar refractivity (Wildman–Crippen MR) is 62.3 cm³/mol. The molecule has 0 spiro atoms. The molecular weight excluding hydrogens is 232 g/mol. The quantitative estimate of drug-likeness (QED) is 0.601. The van der Waals surface area contributed by atoms with Gasteiger partial charge in [0.15, 0.2) is 0 Å². The first-order valence-corrected chi connectivity index (χ1v) is 6.07. The van der Waals surface area contributed by atoms with E-state index in [1.165, 1.54) is 4.90 Å². The molecule has 1 rings (SSSR count). The Kier molecular flexibility index (Phi) is 3.70. The first kappa shape index (κ1) is 12.7. The van der Waals surface area contributed by atoms with Gasteiger partial charge in [-0.15, -0.1) is 4.40 Å². The molecule has 3 N–H and O–H groups in total. The molecule has 0 amide bonds. The number of hydrogen-bond donors (Lipinski definition) is 2. The van der Waals surface area contributed by atoms with Crippen LogP contribution in [0.5, 0.6) is 0 Å². The highest BCUT2D eigenvalue weighted by Crippen LogP contribution is 1.99. The van der Waals surface area contributed by atoms with E-state index in [2.05, 4.69) is 14.1 Å². The Morgan fingerprint density at radius 2 is 2.19 bits per heavy atom. The van der Waals surface area contributed by atoms with Gasteiger partial charge < -0.3 is 10.6 Å². The normalized spacial score (nSPS) is 22.1. The Morgan fingerprint density at radius 1 is 1.56 bits per heavy atom. The van der Waals surface area contributed by atoms with Crippen molar-refractivity contribution in [2.24, 2.45) is 15.1 Å². The van der Waals surface area contributed by atoms with E-state index < -0.39 is 10.2 Å². The molecule has 0 aromatic rings. The van der Waals surface area contributed by atoms with Crippen molar-refractivity contribution in [3.8, 4) is 0 Å². The molecule has 1 aliphatic rings. The Labute approximate surface area is 95.0 Å². The Morgan fingerprint density at radius 3 is 2.75 bits per heavy atom. The van der Waals surface area contributed by atoms with E-state index in [1.807, 2.05) is 19.0 Å². The Bertz CT molecular complexity index is 413. The van der Waals surface area contributed by atoms with Crippen molar-refractivity contribution in [2.75, 3.05) is 34.2 Å². The summed E-state index contributed by atoms with van der Waals surface area (Å²) >= 11 is 0. The summed E-state index contributed by atoms with van der Waals surface area (Å²) in [5.74, 6) is 0.0942. The van der Waals surface area contributed by atoms with Crippen LogP contribution in [0.25, 0.3) is 0 Å².